The van der Waals surface area contributed by atoms with E-state index in [-0.39, 0.29) is 5.57 Å². The molecule has 2 heteroatoms. The fourth-order valence-corrected chi connectivity index (χ4v) is 3.53. The molecule has 1 spiro atoms. The molecule has 2 aliphatic carbocycles. The molecule has 0 radical (unpaired) electrons. The number of alkyl halides is 2. The zero-order chi connectivity index (χ0) is 12.1. The van der Waals surface area contributed by atoms with Crippen LogP contribution < -0.4 is 0 Å². The maximum absolute atomic E-state index is 14.6. The van der Waals surface area contributed by atoms with Gasteiger partial charge in [0, 0.05) is 5.57 Å². The van der Waals surface area contributed by atoms with E-state index in [9.17, 15) is 8.78 Å². The lowest BCUT2D eigenvalue weighted by atomic mass is 9.68. The molecule has 0 bridgehead atoms. The molecule has 0 heterocycles. The second-order valence-corrected chi connectivity index (χ2v) is 5.24. The van der Waals surface area contributed by atoms with Crippen LogP contribution >= 0.6 is 0 Å². The lowest BCUT2D eigenvalue weighted by Gasteiger charge is -2.39. The fraction of sp³-hybridized carbons (Fsp3) is 0.467. The summed E-state index contributed by atoms with van der Waals surface area (Å²) in [5.41, 5.74) is 0.572. The van der Waals surface area contributed by atoms with Crippen LogP contribution in [0.5, 0.6) is 0 Å². The first-order valence-electron chi connectivity index (χ1n) is 6.27. The van der Waals surface area contributed by atoms with Crippen molar-refractivity contribution in [2.75, 3.05) is 0 Å². The van der Waals surface area contributed by atoms with E-state index in [4.69, 9.17) is 0 Å². The van der Waals surface area contributed by atoms with Gasteiger partial charge in [-0.3, -0.25) is 0 Å². The molecular formula is C15H16F2. The number of benzene rings is 1. The summed E-state index contributed by atoms with van der Waals surface area (Å²) >= 11 is 0. The summed E-state index contributed by atoms with van der Waals surface area (Å²) < 4.78 is 29.1. The molecule has 0 atom stereocenters. The van der Waals surface area contributed by atoms with Crippen LogP contribution in [0.25, 0.3) is 5.57 Å². The van der Waals surface area contributed by atoms with Gasteiger partial charge in [0.25, 0.3) is 5.92 Å². The molecule has 3 rings (SSSR count). The van der Waals surface area contributed by atoms with Crippen molar-refractivity contribution >= 4 is 5.57 Å². The maximum atomic E-state index is 14.6. The van der Waals surface area contributed by atoms with E-state index in [0.29, 0.717) is 18.4 Å². The number of allylic oxidation sites excluding steroid dienone is 1. The van der Waals surface area contributed by atoms with Crippen molar-refractivity contribution in [3.8, 4) is 0 Å². The third kappa shape index (κ3) is 1.21. The molecule has 1 aromatic rings. The van der Waals surface area contributed by atoms with Crippen LogP contribution in [0, 0.1) is 0 Å². The summed E-state index contributed by atoms with van der Waals surface area (Å²) in [6.07, 6.45) is 4.06. The molecule has 2 aliphatic rings. The summed E-state index contributed by atoms with van der Waals surface area (Å²) in [6, 6.07) is 7.34. The minimum absolute atomic E-state index is 0.0231. The number of hydrogen-bond donors (Lipinski definition) is 0. The molecule has 1 saturated carbocycles. The minimum Gasteiger partial charge on any atom is -0.200 e. The zero-order valence-corrected chi connectivity index (χ0v) is 9.81. The van der Waals surface area contributed by atoms with Gasteiger partial charge in [0.05, 0.1) is 5.41 Å². The van der Waals surface area contributed by atoms with Gasteiger partial charge in [0.2, 0.25) is 0 Å². The Bertz CT molecular complexity index is 468. The standard InChI is InChI=1S/C15H16F2/c1-11-12-7-3-4-8-13(12)14(15(11,16)17)9-5-2-6-10-14/h3-4,7-8H,1-2,5-6,9-10H2. The minimum atomic E-state index is -2.77. The molecule has 0 nitrogen and oxygen atoms in total. The van der Waals surface area contributed by atoms with Gasteiger partial charge in [0.15, 0.2) is 0 Å². The van der Waals surface area contributed by atoms with Crippen molar-refractivity contribution in [3.63, 3.8) is 0 Å². The van der Waals surface area contributed by atoms with Gasteiger partial charge in [-0.05, 0) is 24.0 Å². The smallest absolute Gasteiger partial charge is 0.200 e. The normalized spacial score (nSPS) is 24.9. The van der Waals surface area contributed by atoms with Crippen LogP contribution in [0.15, 0.2) is 30.8 Å². The van der Waals surface area contributed by atoms with Crippen LogP contribution in [-0.4, -0.2) is 5.92 Å². The number of halogens is 2. The Morgan fingerprint density at radius 1 is 1.00 bits per heavy atom. The van der Waals surface area contributed by atoms with E-state index in [2.05, 4.69) is 6.58 Å². The molecule has 90 valence electrons. The third-order valence-electron chi connectivity index (χ3n) is 4.45. The van der Waals surface area contributed by atoms with Crippen molar-refractivity contribution < 1.29 is 8.78 Å². The first-order valence-corrected chi connectivity index (χ1v) is 6.27. The Balaban J connectivity index is 2.22. The summed E-state index contributed by atoms with van der Waals surface area (Å²) in [5.74, 6) is -2.77. The second kappa shape index (κ2) is 3.41. The predicted molar refractivity (Wildman–Crippen MR) is 65.2 cm³/mol. The van der Waals surface area contributed by atoms with Crippen molar-refractivity contribution in [2.45, 2.75) is 43.4 Å². The largest absolute Gasteiger partial charge is 0.282 e. The van der Waals surface area contributed by atoms with Gasteiger partial charge in [-0.15, -0.1) is 0 Å². The number of rotatable bonds is 0. The Hall–Kier alpha value is -1.18. The second-order valence-electron chi connectivity index (χ2n) is 5.24. The van der Waals surface area contributed by atoms with Crippen molar-refractivity contribution in [1.29, 1.82) is 0 Å². The molecule has 0 saturated heterocycles. The fourth-order valence-electron chi connectivity index (χ4n) is 3.53. The summed E-state index contributed by atoms with van der Waals surface area (Å²) in [7, 11) is 0. The van der Waals surface area contributed by atoms with E-state index in [1.54, 1.807) is 6.07 Å². The van der Waals surface area contributed by atoms with Gasteiger partial charge in [-0.25, -0.2) is 8.78 Å². The van der Waals surface area contributed by atoms with Crippen LogP contribution in [-0.2, 0) is 5.41 Å². The van der Waals surface area contributed by atoms with Gasteiger partial charge < -0.3 is 0 Å². The van der Waals surface area contributed by atoms with Gasteiger partial charge in [0.1, 0.15) is 0 Å². The lowest BCUT2D eigenvalue weighted by molar-refractivity contribution is -0.0324. The molecule has 0 amide bonds. The predicted octanol–water partition coefficient (Wildman–Crippen LogP) is 4.55. The van der Waals surface area contributed by atoms with Crippen LogP contribution in [0.3, 0.4) is 0 Å². The van der Waals surface area contributed by atoms with Crippen molar-refractivity contribution in [1.82, 2.24) is 0 Å². The van der Waals surface area contributed by atoms with Gasteiger partial charge in [-0.1, -0.05) is 50.1 Å². The average molecular weight is 234 g/mol. The van der Waals surface area contributed by atoms with Crippen molar-refractivity contribution in [3.05, 3.63) is 42.0 Å². The summed E-state index contributed by atoms with van der Waals surface area (Å²) in [5, 5.41) is 0. The summed E-state index contributed by atoms with van der Waals surface area (Å²) in [4.78, 5) is 0. The van der Waals surface area contributed by atoms with E-state index >= 15 is 0 Å². The van der Waals surface area contributed by atoms with E-state index < -0.39 is 11.3 Å². The van der Waals surface area contributed by atoms with Crippen molar-refractivity contribution in [2.24, 2.45) is 0 Å². The molecule has 17 heavy (non-hydrogen) atoms. The number of fused-ring (bicyclic) bond motifs is 2. The van der Waals surface area contributed by atoms with Crippen LogP contribution in [0.4, 0.5) is 8.78 Å². The first-order chi connectivity index (χ1) is 8.09. The highest BCUT2D eigenvalue weighted by atomic mass is 19.3. The maximum Gasteiger partial charge on any atom is 0.282 e. The van der Waals surface area contributed by atoms with E-state index in [1.807, 2.05) is 18.2 Å². The van der Waals surface area contributed by atoms with Crippen LogP contribution in [0.2, 0.25) is 0 Å². The van der Waals surface area contributed by atoms with Gasteiger partial charge in [-0.2, -0.15) is 0 Å². The molecule has 1 aromatic carbocycles. The molecule has 0 aliphatic heterocycles. The highest BCUT2D eigenvalue weighted by Gasteiger charge is 2.61. The monoisotopic (exact) mass is 234 g/mol. The Kier molecular flexibility index (Phi) is 2.19. The Labute approximate surface area is 100 Å². The Morgan fingerprint density at radius 3 is 2.35 bits per heavy atom. The average Bonchev–Trinajstić information content (AvgIpc) is 2.52. The van der Waals surface area contributed by atoms with Crippen LogP contribution in [0.1, 0.15) is 43.2 Å². The lowest BCUT2D eigenvalue weighted by Crippen LogP contribution is -2.42. The molecule has 0 N–H and O–H groups in total. The van der Waals surface area contributed by atoms with Gasteiger partial charge >= 0.3 is 0 Å². The molecule has 1 fully saturated rings. The van der Waals surface area contributed by atoms with E-state index in [0.717, 1.165) is 24.8 Å². The number of hydrogen-bond acceptors (Lipinski definition) is 0. The SMILES string of the molecule is C=C1c2ccccc2C2(CCCCC2)C1(F)F. The topological polar surface area (TPSA) is 0 Å². The third-order valence-corrected chi connectivity index (χ3v) is 4.45. The van der Waals surface area contributed by atoms with E-state index in [1.165, 1.54) is 0 Å². The zero-order valence-electron chi connectivity index (χ0n) is 9.81. The summed E-state index contributed by atoms with van der Waals surface area (Å²) in [6.45, 7) is 3.65. The Morgan fingerprint density at radius 2 is 1.65 bits per heavy atom. The molecular weight excluding hydrogens is 218 g/mol. The highest BCUT2D eigenvalue weighted by Crippen LogP contribution is 2.61. The first kappa shape index (κ1) is 10.9. The molecule has 0 unspecified atom stereocenters. The quantitative estimate of drug-likeness (QED) is 0.617. The highest BCUT2D eigenvalue weighted by molar-refractivity contribution is 5.80. The molecule has 0 aromatic heterocycles.